The summed E-state index contributed by atoms with van der Waals surface area (Å²) in [7, 11) is 0. The van der Waals surface area contributed by atoms with Crippen LogP contribution in [0.15, 0.2) is 78.9 Å². The summed E-state index contributed by atoms with van der Waals surface area (Å²) in [5.41, 5.74) is 4.74. The molecule has 1 aliphatic heterocycles. The molecule has 172 valence electrons. The molecular formula is C28H29N5O. The molecule has 6 nitrogen and oxygen atoms in total. The Labute approximate surface area is 200 Å². The highest BCUT2D eigenvalue weighted by Gasteiger charge is 2.21. The highest BCUT2D eigenvalue weighted by molar-refractivity contribution is 5.97. The van der Waals surface area contributed by atoms with Crippen molar-refractivity contribution in [3.05, 3.63) is 95.8 Å². The first-order valence-corrected chi connectivity index (χ1v) is 11.9. The summed E-state index contributed by atoms with van der Waals surface area (Å²) >= 11 is 0. The molecule has 1 atom stereocenters. The van der Waals surface area contributed by atoms with Crippen molar-refractivity contribution < 1.29 is 4.79 Å². The van der Waals surface area contributed by atoms with Gasteiger partial charge in [-0.05, 0) is 61.7 Å². The molecule has 0 saturated carbocycles. The molecule has 5 rings (SSSR count). The molecule has 3 aromatic carbocycles. The summed E-state index contributed by atoms with van der Waals surface area (Å²) in [4.78, 5) is 13.3. The number of carbonyl (C=O) groups excluding carboxylic acids is 1. The smallest absolute Gasteiger partial charge is 0.251 e. The van der Waals surface area contributed by atoms with E-state index in [2.05, 4.69) is 25.4 Å². The number of aromatic nitrogens is 3. The lowest BCUT2D eigenvalue weighted by Crippen LogP contribution is -2.27. The molecule has 4 aromatic rings. The molecule has 2 heterocycles. The van der Waals surface area contributed by atoms with Gasteiger partial charge in [0, 0.05) is 29.9 Å². The highest BCUT2D eigenvalue weighted by atomic mass is 16.2. The van der Waals surface area contributed by atoms with Crippen LogP contribution in [0.2, 0.25) is 0 Å². The van der Waals surface area contributed by atoms with E-state index in [4.69, 9.17) is 0 Å². The van der Waals surface area contributed by atoms with Crippen LogP contribution < -0.4 is 10.6 Å². The summed E-state index contributed by atoms with van der Waals surface area (Å²) in [5.74, 6) is 1.88. The summed E-state index contributed by atoms with van der Waals surface area (Å²) in [6.07, 6.45) is 4.55. The van der Waals surface area contributed by atoms with Gasteiger partial charge in [-0.25, -0.2) is 0 Å². The molecule has 0 fully saturated rings. The van der Waals surface area contributed by atoms with Gasteiger partial charge in [-0.3, -0.25) is 4.79 Å². The van der Waals surface area contributed by atoms with Gasteiger partial charge in [0.2, 0.25) is 0 Å². The molecule has 0 radical (unpaired) electrons. The van der Waals surface area contributed by atoms with Gasteiger partial charge in [-0.15, -0.1) is 10.2 Å². The predicted octanol–water partition coefficient (Wildman–Crippen LogP) is 5.77. The van der Waals surface area contributed by atoms with Gasteiger partial charge in [0.05, 0.1) is 0 Å². The minimum absolute atomic E-state index is 0.109. The van der Waals surface area contributed by atoms with Crippen molar-refractivity contribution in [1.82, 2.24) is 14.8 Å². The van der Waals surface area contributed by atoms with Gasteiger partial charge in [0.15, 0.2) is 5.82 Å². The molecule has 0 saturated heterocycles. The second-order valence-corrected chi connectivity index (χ2v) is 8.82. The van der Waals surface area contributed by atoms with E-state index in [0.29, 0.717) is 0 Å². The summed E-state index contributed by atoms with van der Waals surface area (Å²) in [6, 6.07) is 25.2. The Morgan fingerprint density at radius 1 is 0.853 bits per heavy atom. The summed E-state index contributed by atoms with van der Waals surface area (Å²) < 4.78 is 2.25. The largest absolute Gasteiger partial charge is 0.370 e. The van der Waals surface area contributed by atoms with Crippen LogP contribution in [0, 0.1) is 6.92 Å². The summed E-state index contributed by atoms with van der Waals surface area (Å²) in [6.45, 7) is 2.99. The fraction of sp³-hybridized carbons (Fsp3) is 0.250. The average Bonchev–Trinajstić information content (AvgIpc) is 3.12. The van der Waals surface area contributed by atoms with Gasteiger partial charge < -0.3 is 15.2 Å². The van der Waals surface area contributed by atoms with Crippen LogP contribution in [-0.2, 0) is 17.8 Å². The number of anilines is 2. The molecule has 1 aliphatic rings. The Morgan fingerprint density at radius 3 is 2.35 bits per heavy atom. The maximum absolute atomic E-state index is 13.3. The van der Waals surface area contributed by atoms with E-state index in [0.717, 1.165) is 59.1 Å². The highest BCUT2D eigenvalue weighted by Crippen LogP contribution is 2.26. The molecule has 0 bridgehead atoms. The first kappa shape index (κ1) is 21.9. The Balaban J connectivity index is 1.37. The third kappa shape index (κ3) is 4.86. The first-order valence-electron chi connectivity index (χ1n) is 11.9. The summed E-state index contributed by atoms with van der Waals surface area (Å²) in [5, 5.41) is 15.3. The zero-order chi connectivity index (χ0) is 23.3. The van der Waals surface area contributed by atoms with Crippen LogP contribution in [0.4, 0.5) is 11.4 Å². The van der Waals surface area contributed by atoms with E-state index in [1.54, 1.807) is 0 Å². The number of nitrogens with one attached hydrogen (secondary N) is 2. The first-order chi connectivity index (χ1) is 16.7. The molecule has 1 aromatic heterocycles. The van der Waals surface area contributed by atoms with Gasteiger partial charge in [0.1, 0.15) is 11.9 Å². The van der Waals surface area contributed by atoms with Crippen molar-refractivity contribution in [3.8, 4) is 11.4 Å². The van der Waals surface area contributed by atoms with Crippen molar-refractivity contribution in [1.29, 1.82) is 0 Å². The lowest BCUT2D eigenvalue weighted by Gasteiger charge is -2.20. The number of rotatable bonds is 6. The molecule has 0 aliphatic carbocycles. The van der Waals surface area contributed by atoms with Crippen molar-refractivity contribution >= 4 is 17.3 Å². The number of benzene rings is 3. The van der Waals surface area contributed by atoms with E-state index in [9.17, 15) is 4.79 Å². The third-order valence-electron chi connectivity index (χ3n) is 6.28. The van der Waals surface area contributed by atoms with Gasteiger partial charge in [0.25, 0.3) is 5.91 Å². The molecule has 2 N–H and O–H groups in total. The van der Waals surface area contributed by atoms with E-state index in [-0.39, 0.29) is 5.91 Å². The number of amides is 1. The van der Waals surface area contributed by atoms with E-state index < -0.39 is 6.04 Å². The fourth-order valence-electron chi connectivity index (χ4n) is 4.38. The van der Waals surface area contributed by atoms with Gasteiger partial charge in [-0.1, -0.05) is 54.4 Å². The van der Waals surface area contributed by atoms with Gasteiger partial charge in [-0.2, -0.15) is 0 Å². The topological polar surface area (TPSA) is 71.8 Å². The Morgan fingerprint density at radius 2 is 1.59 bits per heavy atom. The normalized spacial score (nSPS) is 14.0. The van der Waals surface area contributed by atoms with E-state index >= 15 is 0 Å². The van der Waals surface area contributed by atoms with Gasteiger partial charge >= 0.3 is 0 Å². The monoisotopic (exact) mass is 451 g/mol. The number of carbonyl (C=O) groups is 1. The molecular weight excluding hydrogens is 422 g/mol. The second-order valence-electron chi connectivity index (χ2n) is 8.82. The number of fused-ring (bicyclic) bond motifs is 1. The van der Waals surface area contributed by atoms with E-state index in [1.807, 2.05) is 85.8 Å². The quantitative estimate of drug-likeness (QED) is 0.390. The van der Waals surface area contributed by atoms with Crippen LogP contribution in [0.3, 0.4) is 0 Å². The third-order valence-corrected chi connectivity index (χ3v) is 6.28. The van der Waals surface area contributed by atoms with Crippen LogP contribution in [0.1, 0.15) is 42.3 Å². The van der Waals surface area contributed by atoms with Crippen molar-refractivity contribution in [2.75, 3.05) is 10.6 Å². The Kier molecular flexibility index (Phi) is 6.38. The minimum Gasteiger partial charge on any atom is -0.370 e. The average molecular weight is 452 g/mol. The number of aryl methyl sites for hydroxylation is 2. The van der Waals surface area contributed by atoms with Crippen molar-refractivity contribution in [2.45, 2.75) is 45.2 Å². The maximum Gasteiger partial charge on any atom is 0.251 e. The predicted molar refractivity (Wildman–Crippen MR) is 136 cm³/mol. The van der Waals surface area contributed by atoms with Crippen molar-refractivity contribution in [3.63, 3.8) is 0 Å². The van der Waals surface area contributed by atoms with Crippen LogP contribution in [0.25, 0.3) is 11.4 Å². The van der Waals surface area contributed by atoms with Crippen LogP contribution >= 0.6 is 0 Å². The number of hydrogen-bond acceptors (Lipinski definition) is 4. The molecule has 0 spiro atoms. The standard InChI is InChI=1S/C28H29N5O/c1-20-11-15-24(16-12-20)30-28(34)26(21-8-4-2-5-9-21)29-23-17-13-22(14-18-23)27-32-31-25-10-6-3-7-19-33(25)27/h2,4-5,8-9,11-18,26,29H,3,6-7,10,19H2,1H3,(H,30,34)/t26-/m1/s1. The molecule has 6 heteroatoms. The molecule has 1 amide bonds. The Hall–Kier alpha value is -3.93. The fourth-order valence-corrected chi connectivity index (χ4v) is 4.38. The lowest BCUT2D eigenvalue weighted by molar-refractivity contribution is -0.117. The second kappa shape index (κ2) is 9.91. The minimum atomic E-state index is -0.530. The lowest BCUT2D eigenvalue weighted by atomic mass is 10.0. The number of hydrogen-bond donors (Lipinski definition) is 2. The van der Waals surface area contributed by atoms with Crippen molar-refractivity contribution in [2.24, 2.45) is 0 Å². The zero-order valence-corrected chi connectivity index (χ0v) is 19.4. The molecule has 34 heavy (non-hydrogen) atoms. The number of nitrogens with zero attached hydrogens (tertiary/aromatic N) is 3. The van der Waals surface area contributed by atoms with Crippen LogP contribution in [0.5, 0.6) is 0 Å². The molecule has 0 unspecified atom stereocenters. The Bertz CT molecular complexity index is 1250. The van der Waals surface area contributed by atoms with Crippen LogP contribution in [-0.4, -0.2) is 20.7 Å². The SMILES string of the molecule is Cc1ccc(NC(=O)[C@H](Nc2ccc(-c3nnc4n3CCCCC4)cc2)c2ccccc2)cc1. The maximum atomic E-state index is 13.3. The zero-order valence-electron chi connectivity index (χ0n) is 19.4. The van der Waals surface area contributed by atoms with E-state index in [1.165, 1.54) is 12.8 Å².